The zero-order valence-electron chi connectivity index (χ0n) is 15.7. The van der Waals surface area contributed by atoms with E-state index >= 15 is 0 Å². The van der Waals surface area contributed by atoms with Crippen molar-refractivity contribution in [2.75, 3.05) is 24.5 Å². The van der Waals surface area contributed by atoms with Crippen LogP contribution in [0.1, 0.15) is 37.0 Å². The lowest BCUT2D eigenvalue weighted by molar-refractivity contribution is -0.157. The molecule has 1 atom stereocenters. The fraction of sp³-hybridized carbons (Fsp3) is 0.474. The van der Waals surface area contributed by atoms with Gasteiger partial charge in [0, 0.05) is 42.7 Å². The third kappa shape index (κ3) is 4.14. The van der Waals surface area contributed by atoms with E-state index < -0.39 is 18.0 Å². The molecule has 0 radical (unpaired) electrons. The summed E-state index contributed by atoms with van der Waals surface area (Å²) in [7, 11) is 0. The number of anilines is 1. The molecule has 2 saturated heterocycles. The molecule has 0 N–H and O–H groups in total. The zero-order valence-corrected chi connectivity index (χ0v) is 16.5. The quantitative estimate of drug-likeness (QED) is 0.727. The van der Waals surface area contributed by atoms with E-state index in [4.69, 9.17) is 16.0 Å². The zero-order chi connectivity index (χ0) is 21.5. The van der Waals surface area contributed by atoms with E-state index in [1.807, 2.05) is 0 Å². The van der Waals surface area contributed by atoms with Gasteiger partial charge in [0.05, 0.1) is 5.92 Å². The summed E-state index contributed by atoms with van der Waals surface area (Å²) < 4.78 is 42.6. The molecule has 11 heteroatoms. The van der Waals surface area contributed by atoms with Crippen LogP contribution in [0.25, 0.3) is 0 Å². The number of likely N-dealkylation sites (tertiary alicyclic amines) is 1. The summed E-state index contributed by atoms with van der Waals surface area (Å²) in [4.78, 5) is 28.5. The van der Waals surface area contributed by atoms with E-state index in [0.717, 1.165) is 0 Å². The van der Waals surface area contributed by atoms with Crippen LogP contribution in [0, 0.1) is 5.92 Å². The number of amides is 2. The number of carbonyl (C=O) groups excluding carboxylic acids is 2. The Morgan fingerprint density at radius 3 is 2.40 bits per heavy atom. The van der Waals surface area contributed by atoms with Gasteiger partial charge < -0.3 is 14.2 Å². The minimum atomic E-state index is -4.67. The standard InChI is InChI=1S/C19H18ClF3N4O3/c20-13-1-3-14(4-2-13)27-10-12(9-15(27)28)17(29)26-7-5-11(6-8-26)16-24-25-18(30-16)19(21,22)23/h1-4,11-12H,5-10H2/t12-/m1/s1. The Bertz CT molecular complexity index is 939. The summed E-state index contributed by atoms with van der Waals surface area (Å²) in [6, 6.07) is 6.84. The molecule has 1 aromatic heterocycles. The van der Waals surface area contributed by atoms with Crippen LogP contribution in [0.2, 0.25) is 5.02 Å². The molecular formula is C19H18ClF3N4O3. The number of aromatic nitrogens is 2. The highest BCUT2D eigenvalue weighted by atomic mass is 35.5. The highest BCUT2D eigenvalue weighted by Crippen LogP contribution is 2.34. The Balaban J connectivity index is 1.35. The van der Waals surface area contributed by atoms with E-state index in [-0.39, 0.29) is 36.6 Å². The van der Waals surface area contributed by atoms with Gasteiger partial charge in [-0.25, -0.2) is 0 Å². The van der Waals surface area contributed by atoms with E-state index in [0.29, 0.717) is 36.6 Å². The second-order valence-electron chi connectivity index (χ2n) is 7.42. The van der Waals surface area contributed by atoms with Gasteiger partial charge in [-0.2, -0.15) is 13.2 Å². The van der Waals surface area contributed by atoms with Gasteiger partial charge in [0.1, 0.15) is 0 Å². The number of carbonyl (C=O) groups is 2. The molecule has 2 fully saturated rings. The van der Waals surface area contributed by atoms with Crippen molar-refractivity contribution in [1.82, 2.24) is 15.1 Å². The number of piperidine rings is 1. The largest absolute Gasteiger partial charge is 0.470 e. The van der Waals surface area contributed by atoms with Crippen molar-refractivity contribution < 1.29 is 27.2 Å². The molecule has 2 aliphatic rings. The first-order chi connectivity index (χ1) is 14.2. The van der Waals surface area contributed by atoms with E-state index in [9.17, 15) is 22.8 Å². The maximum atomic E-state index is 12.9. The van der Waals surface area contributed by atoms with Crippen molar-refractivity contribution in [3.63, 3.8) is 0 Å². The SMILES string of the molecule is O=C([C@@H]1CC(=O)N(c2ccc(Cl)cc2)C1)N1CCC(c2nnc(C(F)(F)F)o2)CC1. The van der Waals surface area contributed by atoms with Gasteiger partial charge >= 0.3 is 12.1 Å². The molecule has 1 aromatic carbocycles. The topological polar surface area (TPSA) is 79.5 Å². The highest BCUT2D eigenvalue weighted by Gasteiger charge is 2.41. The average Bonchev–Trinajstić information content (AvgIpc) is 3.35. The van der Waals surface area contributed by atoms with Crippen molar-refractivity contribution in [1.29, 1.82) is 0 Å². The molecule has 30 heavy (non-hydrogen) atoms. The number of hydrogen-bond donors (Lipinski definition) is 0. The number of alkyl halides is 3. The summed E-state index contributed by atoms with van der Waals surface area (Å²) in [5.41, 5.74) is 0.690. The third-order valence-electron chi connectivity index (χ3n) is 5.45. The van der Waals surface area contributed by atoms with Crippen LogP contribution >= 0.6 is 11.6 Å². The lowest BCUT2D eigenvalue weighted by atomic mass is 9.95. The molecular weight excluding hydrogens is 425 g/mol. The van der Waals surface area contributed by atoms with Gasteiger partial charge in [-0.15, -0.1) is 10.2 Å². The smallest absolute Gasteiger partial charge is 0.417 e. The normalized spacial score (nSPS) is 20.8. The van der Waals surface area contributed by atoms with Crippen LogP contribution in [0.3, 0.4) is 0 Å². The number of benzene rings is 1. The first-order valence-electron chi connectivity index (χ1n) is 9.47. The van der Waals surface area contributed by atoms with Crippen LogP contribution in [0.15, 0.2) is 28.7 Å². The van der Waals surface area contributed by atoms with Gasteiger partial charge in [0.15, 0.2) is 0 Å². The Labute approximate surface area is 174 Å². The molecule has 0 unspecified atom stereocenters. The van der Waals surface area contributed by atoms with Crippen LogP contribution in [0.4, 0.5) is 18.9 Å². The van der Waals surface area contributed by atoms with Crippen molar-refractivity contribution in [3.05, 3.63) is 41.1 Å². The number of hydrogen-bond acceptors (Lipinski definition) is 5. The van der Waals surface area contributed by atoms with Gasteiger partial charge in [0.25, 0.3) is 0 Å². The van der Waals surface area contributed by atoms with E-state index in [1.165, 1.54) is 0 Å². The molecule has 2 amide bonds. The third-order valence-corrected chi connectivity index (χ3v) is 5.70. The maximum absolute atomic E-state index is 12.9. The lowest BCUT2D eigenvalue weighted by Gasteiger charge is -2.32. The van der Waals surface area contributed by atoms with Gasteiger partial charge in [0.2, 0.25) is 17.7 Å². The van der Waals surface area contributed by atoms with Crippen molar-refractivity contribution in [3.8, 4) is 0 Å². The van der Waals surface area contributed by atoms with Crippen LogP contribution in [-0.4, -0.2) is 46.5 Å². The number of nitrogens with zero attached hydrogens (tertiary/aromatic N) is 4. The summed E-state index contributed by atoms with van der Waals surface area (Å²) in [5.74, 6) is -2.45. The fourth-order valence-corrected chi connectivity index (χ4v) is 3.99. The molecule has 160 valence electrons. The minimum absolute atomic E-state index is 0.0561. The van der Waals surface area contributed by atoms with Crippen molar-refractivity contribution in [2.24, 2.45) is 5.92 Å². The molecule has 2 aliphatic heterocycles. The van der Waals surface area contributed by atoms with Crippen molar-refractivity contribution in [2.45, 2.75) is 31.4 Å². The molecule has 7 nitrogen and oxygen atoms in total. The Kier molecular flexibility index (Phi) is 5.44. The molecule has 0 bridgehead atoms. The summed E-state index contributed by atoms with van der Waals surface area (Å²) in [5, 5.41) is 7.13. The van der Waals surface area contributed by atoms with Crippen LogP contribution in [-0.2, 0) is 15.8 Å². The molecule has 3 heterocycles. The summed E-state index contributed by atoms with van der Waals surface area (Å²) in [6.07, 6.45) is -3.70. The molecule has 0 aliphatic carbocycles. The second-order valence-corrected chi connectivity index (χ2v) is 7.86. The Hall–Kier alpha value is -2.62. The van der Waals surface area contributed by atoms with Gasteiger partial charge in [-0.1, -0.05) is 11.6 Å². The second kappa shape index (κ2) is 7.90. The lowest BCUT2D eigenvalue weighted by Crippen LogP contribution is -2.42. The molecule has 0 spiro atoms. The first kappa shape index (κ1) is 20.6. The predicted molar refractivity (Wildman–Crippen MR) is 99.8 cm³/mol. The predicted octanol–water partition coefficient (Wildman–Crippen LogP) is 3.50. The number of rotatable bonds is 3. The highest BCUT2D eigenvalue weighted by molar-refractivity contribution is 6.30. The maximum Gasteiger partial charge on any atom is 0.470 e. The average molecular weight is 443 g/mol. The minimum Gasteiger partial charge on any atom is -0.417 e. The van der Waals surface area contributed by atoms with Crippen molar-refractivity contribution >= 4 is 29.1 Å². The summed E-state index contributed by atoms with van der Waals surface area (Å²) >= 11 is 5.88. The van der Waals surface area contributed by atoms with Gasteiger partial charge in [-0.05, 0) is 37.1 Å². The fourth-order valence-electron chi connectivity index (χ4n) is 3.86. The van der Waals surface area contributed by atoms with Crippen LogP contribution < -0.4 is 4.90 Å². The monoisotopic (exact) mass is 442 g/mol. The molecule has 0 saturated carbocycles. The number of halogens is 4. The van der Waals surface area contributed by atoms with Crippen LogP contribution in [0.5, 0.6) is 0 Å². The molecule has 4 rings (SSSR count). The first-order valence-corrected chi connectivity index (χ1v) is 9.85. The van der Waals surface area contributed by atoms with E-state index in [2.05, 4.69) is 10.2 Å². The Morgan fingerprint density at radius 1 is 1.13 bits per heavy atom. The van der Waals surface area contributed by atoms with E-state index in [1.54, 1.807) is 34.1 Å². The summed E-state index contributed by atoms with van der Waals surface area (Å²) in [6.45, 7) is 1.01. The van der Waals surface area contributed by atoms with Gasteiger partial charge in [-0.3, -0.25) is 9.59 Å². The Morgan fingerprint density at radius 2 is 1.80 bits per heavy atom. The molecule has 2 aromatic rings.